The highest BCUT2D eigenvalue weighted by Gasteiger charge is 2.60. The van der Waals surface area contributed by atoms with Crippen LogP contribution >= 0.6 is 11.6 Å². The highest BCUT2D eigenvalue weighted by molar-refractivity contribution is 6.30. The molecule has 3 aliphatic rings. The molecule has 0 atom stereocenters. The van der Waals surface area contributed by atoms with E-state index in [2.05, 4.69) is 9.64 Å². The largest absolute Gasteiger partial charge is 0.434 e. The summed E-state index contributed by atoms with van der Waals surface area (Å²) in [5.41, 5.74) is 2.08. The minimum atomic E-state index is -5.76. The molecule has 1 aromatic rings. The van der Waals surface area contributed by atoms with Crippen molar-refractivity contribution in [2.45, 2.75) is 64.0 Å². The Morgan fingerprint density at radius 2 is 1.51 bits per heavy atom. The number of benzene rings is 1. The van der Waals surface area contributed by atoms with Gasteiger partial charge >= 0.3 is 18.4 Å². The molecule has 0 bridgehead atoms. The number of hydrogen-bond donors (Lipinski definition) is 0. The third kappa shape index (κ3) is 8.12. The molecule has 2 amide bonds. The molecule has 0 aromatic heterocycles. The van der Waals surface area contributed by atoms with Gasteiger partial charge in [-0.05, 0) is 56.0 Å². The van der Waals surface area contributed by atoms with Crippen LogP contribution in [0.2, 0.25) is 5.02 Å². The maximum absolute atomic E-state index is 12.9. The lowest BCUT2D eigenvalue weighted by atomic mass is 9.72. The van der Waals surface area contributed by atoms with Gasteiger partial charge in [-0.3, -0.25) is 9.69 Å². The fourth-order valence-corrected chi connectivity index (χ4v) is 6.09. The standard InChI is InChI=1S/C27H35ClF6N4O3/c1-19(39)38-17-25(18-38)5-9-36(10-6-25)22-14-20(13-21(28)15-22)16-35-7-3-2-4-8-37(12-11-35)24(40)41-23(26(29,30)31)27(32,33)34/h13-15,23H,2-12,16-18H2,1H3. The number of piperidine rings is 1. The number of amides is 2. The second kappa shape index (κ2) is 12.4. The van der Waals surface area contributed by atoms with Gasteiger partial charge in [0, 0.05) is 75.4 Å². The van der Waals surface area contributed by atoms with Gasteiger partial charge in [0.2, 0.25) is 5.91 Å². The number of rotatable bonds is 4. The van der Waals surface area contributed by atoms with E-state index in [-0.39, 0.29) is 31.0 Å². The summed E-state index contributed by atoms with van der Waals surface area (Å²) in [4.78, 5) is 31.0. The van der Waals surface area contributed by atoms with Crippen molar-refractivity contribution in [1.29, 1.82) is 0 Å². The molecule has 1 aromatic carbocycles. The quantitative estimate of drug-likeness (QED) is 0.408. The third-order valence-electron chi connectivity index (χ3n) is 8.20. The van der Waals surface area contributed by atoms with E-state index in [9.17, 15) is 35.9 Å². The highest BCUT2D eigenvalue weighted by Crippen LogP contribution is 2.42. The summed E-state index contributed by atoms with van der Waals surface area (Å²) in [6, 6.07) is 5.78. The molecule has 7 nitrogen and oxygen atoms in total. The molecule has 0 saturated carbocycles. The van der Waals surface area contributed by atoms with Crippen LogP contribution in [0.15, 0.2) is 18.2 Å². The highest BCUT2D eigenvalue weighted by atomic mass is 35.5. The molecule has 41 heavy (non-hydrogen) atoms. The van der Waals surface area contributed by atoms with Crippen molar-refractivity contribution in [2.75, 3.05) is 57.3 Å². The van der Waals surface area contributed by atoms with E-state index in [0.29, 0.717) is 31.0 Å². The molecule has 14 heteroatoms. The smallest absolute Gasteiger partial charge is 0.426 e. The monoisotopic (exact) mass is 612 g/mol. The molecule has 4 rings (SSSR count). The number of hydrogen-bond acceptors (Lipinski definition) is 5. The summed E-state index contributed by atoms with van der Waals surface area (Å²) in [6.45, 7) is 6.14. The van der Waals surface area contributed by atoms with Crippen molar-refractivity contribution in [3.63, 3.8) is 0 Å². The third-order valence-corrected chi connectivity index (χ3v) is 8.41. The van der Waals surface area contributed by atoms with Crippen molar-refractivity contribution < 1.29 is 40.7 Å². The predicted octanol–water partition coefficient (Wildman–Crippen LogP) is 5.71. The Balaban J connectivity index is 1.37. The molecule has 230 valence electrons. The summed E-state index contributed by atoms with van der Waals surface area (Å²) >= 11 is 6.46. The number of carbonyl (C=O) groups excluding carboxylic acids is 2. The Morgan fingerprint density at radius 1 is 0.878 bits per heavy atom. The molecular weight excluding hydrogens is 578 g/mol. The van der Waals surface area contributed by atoms with Crippen LogP contribution in [-0.4, -0.2) is 97.5 Å². The lowest BCUT2D eigenvalue weighted by Gasteiger charge is -2.54. The van der Waals surface area contributed by atoms with E-state index < -0.39 is 24.5 Å². The molecule has 3 saturated heterocycles. The first-order valence-corrected chi connectivity index (χ1v) is 14.1. The minimum absolute atomic E-state index is 0.0110. The van der Waals surface area contributed by atoms with Gasteiger partial charge < -0.3 is 19.4 Å². The summed E-state index contributed by atoms with van der Waals surface area (Å²) < 4.78 is 81.4. The van der Waals surface area contributed by atoms with Crippen molar-refractivity contribution >= 4 is 29.3 Å². The molecule has 3 heterocycles. The van der Waals surface area contributed by atoms with E-state index in [4.69, 9.17) is 11.6 Å². The van der Waals surface area contributed by atoms with Gasteiger partial charge in [-0.1, -0.05) is 18.0 Å². The predicted molar refractivity (Wildman–Crippen MR) is 141 cm³/mol. The van der Waals surface area contributed by atoms with Crippen molar-refractivity contribution in [3.8, 4) is 0 Å². The number of carbonyl (C=O) groups is 2. The van der Waals surface area contributed by atoms with E-state index in [1.165, 1.54) is 0 Å². The Hall–Kier alpha value is -2.41. The van der Waals surface area contributed by atoms with Gasteiger partial charge in [0.1, 0.15) is 0 Å². The van der Waals surface area contributed by atoms with E-state index in [0.717, 1.165) is 61.6 Å². The first-order chi connectivity index (χ1) is 19.1. The van der Waals surface area contributed by atoms with Gasteiger partial charge in [0.25, 0.3) is 6.10 Å². The second-order valence-electron chi connectivity index (χ2n) is 11.4. The van der Waals surface area contributed by atoms with Crippen LogP contribution in [0.25, 0.3) is 0 Å². The van der Waals surface area contributed by atoms with Crippen LogP contribution in [0.4, 0.5) is 36.8 Å². The van der Waals surface area contributed by atoms with Crippen LogP contribution in [-0.2, 0) is 16.1 Å². The maximum Gasteiger partial charge on any atom is 0.434 e. The van der Waals surface area contributed by atoms with Gasteiger partial charge in [-0.2, -0.15) is 26.3 Å². The van der Waals surface area contributed by atoms with E-state index in [1.807, 2.05) is 28.0 Å². The van der Waals surface area contributed by atoms with Crippen LogP contribution in [0.5, 0.6) is 0 Å². The van der Waals surface area contributed by atoms with Gasteiger partial charge in [0.15, 0.2) is 0 Å². The number of alkyl halides is 6. The summed E-state index contributed by atoms with van der Waals surface area (Å²) in [6.07, 6.45) is -13.5. The fraction of sp³-hybridized carbons (Fsp3) is 0.704. The van der Waals surface area contributed by atoms with Gasteiger partial charge in [-0.15, -0.1) is 0 Å². The number of halogens is 7. The Labute approximate surface area is 240 Å². The zero-order chi connectivity index (χ0) is 30.0. The molecule has 0 aliphatic carbocycles. The van der Waals surface area contributed by atoms with E-state index >= 15 is 0 Å². The van der Waals surface area contributed by atoms with Crippen LogP contribution in [0.3, 0.4) is 0 Å². The van der Waals surface area contributed by atoms with Gasteiger partial charge in [-0.25, -0.2) is 4.79 Å². The SMILES string of the molecule is CC(=O)N1CC2(CCN(c3cc(Cl)cc(CN4CCCCCN(C(=O)OC(C(F)(F)F)C(F)(F)F)CC4)c3)CC2)C1. The Morgan fingerprint density at radius 3 is 2.12 bits per heavy atom. The topological polar surface area (TPSA) is 56.3 Å². The van der Waals surface area contributed by atoms with Crippen LogP contribution in [0.1, 0.15) is 44.6 Å². The zero-order valence-corrected chi connectivity index (χ0v) is 23.6. The Kier molecular flexibility index (Phi) is 9.57. The Bertz CT molecular complexity index is 1070. The normalized spacial score (nSPS) is 20.9. The van der Waals surface area contributed by atoms with E-state index in [1.54, 1.807) is 6.92 Å². The molecule has 3 aliphatic heterocycles. The average molecular weight is 613 g/mol. The van der Waals surface area contributed by atoms with Crippen molar-refractivity contribution in [2.24, 2.45) is 5.41 Å². The summed E-state index contributed by atoms with van der Waals surface area (Å²) in [7, 11) is 0. The number of ether oxygens (including phenoxy) is 1. The van der Waals surface area contributed by atoms with Crippen molar-refractivity contribution in [3.05, 3.63) is 28.8 Å². The minimum Gasteiger partial charge on any atom is -0.426 e. The molecule has 0 N–H and O–H groups in total. The molecule has 0 unspecified atom stereocenters. The zero-order valence-electron chi connectivity index (χ0n) is 22.9. The molecular formula is C27H35ClF6N4O3. The molecule has 3 fully saturated rings. The maximum atomic E-state index is 12.9. The summed E-state index contributed by atoms with van der Waals surface area (Å²) in [5.74, 6) is 0.101. The average Bonchev–Trinajstić information content (AvgIpc) is 2.96. The summed E-state index contributed by atoms with van der Waals surface area (Å²) in [5, 5.41) is 0.559. The number of nitrogens with zero attached hydrogens (tertiary/aromatic N) is 4. The lowest BCUT2D eigenvalue weighted by Crippen LogP contribution is -2.61. The lowest BCUT2D eigenvalue weighted by molar-refractivity contribution is -0.308. The van der Waals surface area contributed by atoms with Crippen LogP contribution in [0, 0.1) is 5.41 Å². The van der Waals surface area contributed by atoms with Gasteiger partial charge in [0.05, 0.1) is 0 Å². The molecule has 1 spiro atoms. The molecule has 0 radical (unpaired) electrons. The van der Waals surface area contributed by atoms with Crippen LogP contribution < -0.4 is 4.90 Å². The fourth-order valence-electron chi connectivity index (χ4n) is 5.84. The van der Waals surface area contributed by atoms with Crippen molar-refractivity contribution in [1.82, 2.24) is 14.7 Å². The second-order valence-corrected chi connectivity index (χ2v) is 11.8. The first-order valence-electron chi connectivity index (χ1n) is 13.8. The number of likely N-dealkylation sites (tertiary alicyclic amines) is 1. The number of anilines is 1. The first kappa shape index (κ1) is 31.5.